The molecule has 0 radical (unpaired) electrons. The first-order valence-electron chi connectivity index (χ1n) is 18.1. The van der Waals surface area contributed by atoms with Gasteiger partial charge < -0.3 is 0 Å². The lowest BCUT2D eigenvalue weighted by Crippen LogP contribution is -1.95. The molecule has 0 bridgehead atoms. The third-order valence-electron chi connectivity index (χ3n) is 9.74. The predicted molar refractivity (Wildman–Crippen MR) is 236 cm³/mol. The number of benzene rings is 4. The van der Waals surface area contributed by atoms with Crippen LogP contribution in [0.15, 0.2) is 109 Å². The lowest BCUT2D eigenvalue weighted by Gasteiger charge is -2.12. The fourth-order valence-corrected chi connectivity index (χ4v) is 13.0. The van der Waals surface area contributed by atoms with Crippen molar-refractivity contribution < 1.29 is 0 Å². The van der Waals surface area contributed by atoms with Crippen molar-refractivity contribution >= 4 is 121 Å². The molecule has 50 heavy (non-hydrogen) atoms. The third kappa shape index (κ3) is 8.37. The van der Waals surface area contributed by atoms with Crippen molar-refractivity contribution in [2.24, 2.45) is 11.8 Å². The molecule has 7 aromatic rings. The van der Waals surface area contributed by atoms with Gasteiger partial charge in [0.1, 0.15) is 0 Å². The zero-order valence-electron chi connectivity index (χ0n) is 29.5. The fourth-order valence-electron chi connectivity index (χ4n) is 7.01. The van der Waals surface area contributed by atoms with Gasteiger partial charge >= 0.3 is 0 Å². The number of thiol groups is 1. The van der Waals surface area contributed by atoms with Crippen LogP contribution in [0.25, 0.3) is 51.1 Å². The Morgan fingerprint density at radius 1 is 0.680 bits per heavy atom. The van der Waals surface area contributed by atoms with E-state index in [1.54, 1.807) is 0 Å². The summed E-state index contributed by atoms with van der Waals surface area (Å²) in [6.07, 6.45) is 14.3. The molecule has 0 saturated heterocycles. The summed E-state index contributed by atoms with van der Waals surface area (Å²) in [7, 11) is 0. The number of thioether (sulfide) groups is 1. The smallest absolute Gasteiger partial charge is 0.0649 e. The van der Waals surface area contributed by atoms with Crippen LogP contribution >= 0.6 is 70.2 Å². The number of hydrogen-bond acceptors (Lipinski definition) is 6. The SMILES string of the molecule is CCCC(C)CC/C(=C/C=C/S)Sc1ccc2cc3c(cc2c1)sc1c2cc4ccc(Sc5ccc(CCC(C)CCC)s5)cc4cc2sc31. The number of fused-ring (bicyclic) bond motifs is 7. The number of hydrogen-bond donors (Lipinski definition) is 1. The minimum atomic E-state index is 0.756. The fraction of sp³-hybridized carbons (Fsp3) is 0.318. The Balaban J connectivity index is 1.12. The molecule has 0 saturated carbocycles. The summed E-state index contributed by atoms with van der Waals surface area (Å²) in [5, 5.41) is 9.91. The van der Waals surface area contributed by atoms with Crippen molar-refractivity contribution in [2.45, 2.75) is 93.1 Å². The van der Waals surface area contributed by atoms with E-state index in [4.69, 9.17) is 0 Å². The van der Waals surface area contributed by atoms with Gasteiger partial charge in [-0.15, -0.1) is 34.0 Å². The van der Waals surface area contributed by atoms with Crippen LogP contribution in [0.1, 0.15) is 77.5 Å². The average Bonchev–Trinajstić information content (AvgIpc) is 3.80. The lowest BCUT2D eigenvalue weighted by atomic mass is 10.00. The van der Waals surface area contributed by atoms with Crippen LogP contribution in [0.2, 0.25) is 0 Å². The second-order valence-corrected chi connectivity index (χ2v) is 20.0. The minimum Gasteiger partial charge on any atom is -0.151 e. The second-order valence-electron chi connectivity index (χ2n) is 13.8. The van der Waals surface area contributed by atoms with E-state index in [1.807, 2.05) is 62.9 Å². The lowest BCUT2D eigenvalue weighted by molar-refractivity contribution is 0.488. The Morgan fingerprint density at radius 2 is 1.30 bits per heavy atom. The molecule has 0 spiro atoms. The van der Waals surface area contributed by atoms with Gasteiger partial charge in [0.15, 0.2) is 0 Å². The summed E-state index contributed by atoms with van der Waals surface area (Å²) in [4.78, 5) is 5.55. The highest BCUT2D eigenvalue weighted by Crippen LogP contribution is 2.47. The van der Waals surface area contributed by atoms with E-state index in [-0.39, 0.29) is 0 Å². The van der Waals surface area contributed by atoms with Gasteiger partial charge in [0.05, 0.1) is 13.6 Å². The minimum absolute atomic E-state index is 0.756. The molecule has 0 aliphatic rings. The first-order chi connectivity index (χ1) is 24.4. The summed E-state index contributed by atoms with van der Waals surface area (Å²) < 4.78 is 7.01. The summed E-state index contributed by atoms with van der Waals surface area (Å²) in [5.74, 6) is 1.57. The summed E-state index contributed by atoms with van der Waals surface area (Å²) in [6, 6.07) is 28.4. The van der Waals surface area contributed by atoms with Gasteiger partial charge in [-0.1, -0.05) is 101 Å². The van der Waals surface area contributed by atoms with E-state index in [0.717, 1.165) is 18.3 Å². The van der Waals surface area contributed by atoms with Crippen molar-refractivity contribution in [2.75, 3.05) is 0 Å². The molecular weight excluding hydrogens is 721 g/mol. The first-order valence-corrected chi connectivity index (χ1v) is 22.7. The maximum atomic E-state index is 4.30. The molecule has 0 fully saturated rings. The molecule has 0 aliphatic heterocycles. The normalized spacial score (nSPS) is 14.0. The Kier molecular flexibility index (Phi) is 12.0. The summed E-state index contributed by atoms with van der Waals surface area (Å²) in [6.45, 7) is 9.35. The number of allylic oxidation sites excluding steroid dienone is 3. The van der Waals surface area contributed by atoms with Gasteiger partial charge in [-0.05, 0) is 130 Å². The summed E-state index contributed by atoms with van der Waals surface area (Å²) in [5.41, 5.74) is 0. The van der Waals surface area contributed by atoms with Crippen LogP contribution < -0.4 is 0 Å². The second kappa shape index (κ2) is 16.7. The number of aryl methyl sites for hydroxylation is 1. The molecule has 7 rings (SSSR count). The average molecular weight is 767 g/mol. The zero-order chi connectivity index (χ0) is 34.6. The molecular formula is C44H46S6. The molecule has 0 amide bonds. The molecule has 4 aromatic carbocycles. The standard InChI is InChI=1S/C44H46S6/c1-5-8-28(3)11-15-34(10-7-21-45)46-36-17-13-30-24-38-40(26-32(30)22-36)49-44-39-25-31-14-18-37(23-33(31)27-41(39)50-43(38)44)48-42-20-19-35(47-42)16-12-29(4)9-6-2/h7,10,13-14,17-29,45H,5-6,8-9,11-12,15-16H2,1-4H3/b21-7+,34-10-. The van der Waals surface area contributed by atoms with Crippen molar-refractivity contribution in [1.82, 2.24) is 0 Å². The van der Waals surface area contributed by atoms with Crippen molar-refractivity contribution in [3.8, 4) is 0 Å². The van der Waals surface area contributed by atoms with Crippen LogP contribution in [-0.4, -0.2) is 0 Å². The highest BCUT2D eigenvalue weighted by molar-refractivity contribution is 8.03. The van der Waals surface area contributed by atoms with Crippen molar-refractivity contribution in [3.05, 3.63) is 100 Å². The van der Waals surface area contributed by atoms with E-state index in [0.29, 0.717) is 0 Å². The van der Waals surface area contributed by atoms with Crippen LogP contribution in [0.4, 0.5) is 0 Å². The maximum absolute atomic E-state index is 4.30. The Labute approximate surface area is 323 Å². The number of thiophene rings is 3. The van der Waals surface area contributed by atoms with Gasteiger partial charge in [-0.3, -0.25) is 0 Å². The topological polar surface area (TPSA) is 0 Å². The molecule has 0 aliphatic carbocycles. The van der Waals surface area contributed by atoms with Crippen LogP contribution in [-0.2, 0) is 6.42 Å². The first kappa shape index (κ1) is 36.2. The predicted octanol–water partition coefficient (Wildman–Crippen LogP) is 16.8. The van der Waals surface area contributed by atoms with Crippen LogP contribution in [0.3, 0.4) is 0 Å². The molecule has 3 aromatic heterocycles. The van der Waals surface area contributed by atoms with E-state index < -0.39 is 0 Å². The molecule has 2 atom stereocenters. The molecule has 2 unspecified atom stereocenters. The molecule has 6 heteroatoms. The van der Waals surface area contributed by atoms with Gasteiger partial charge in [-0.2, -0.15) is 12.6 Å². The van der Waals surface area contributed by atoms with Crippen molar-refractivity contribution in [3.63, 3.8) is 0 Å². The van der Waals surface area contributed by atoms with Gasteiger partial charge in [0, 0.05) is 34.8 Å². The molecule has 258 valence electrons. The van der Waals surface area contributed by atoms with Gasteiger partial charge in [-0.25, -0.2) is 0 Å². The monoisotopic (exact) mass is 766 g/mol. The summed E-state index contributed by atoms with van der Waals surface area (Å²) >= 11 is 14.0. The molecule has 0 nitrogen and oxygen atoms in total. The Bertz CT molecular complexity index is 2310. The highest BCUT2D eigenvalue weighted by atomic mass is 32.2. The zero-order valence-corrected chi connectivity index (χ0v) is 34.4. The largest absolute Gasteiger partial charge is 0.151 e. The quantitative estimate of drug-likeness (QED) is 0.0627. The van der Waals surface area contributed by atoms with E-state index in [2.05, 4.69) is 125 Å². The molecule has 3 heterocycles. The Hall–Kier alpha value is -2.19. The Morgan fingerprint density at radius 3 is 1.94 bits per heavy atom. The molecule has 0 N–H and O–H groups in total. The van der Waals surface area contributed by atoms with Gasteiger partial charge in [0.2, 0.25) is 0 Å². The highest BCUT2D eigenvalue weighted by Gasteiger charge is 2.15. The van der Waals surface area contributed by atoms with Gasteiger partial charge in [0.25, 0.3) is 0 Å². The maximum Gasteiger partial charge on any atom is 0.0649 e. The van der Waals surface area contributed by atoms with E-state index in [1.165, 1.54) is 120 Å². The third-order valence-corrected chi connectivity index (χ3v) is 15.8. The van der Waals surface area contributed by atoms with Crippen molar-refractivity contribution in [1.29, 1.82) is 0 Å². The number of rotatable bonds is 15. The van der Waals surface area contributed by atoms with E-state index >= 15 is 0 Å². The van der Waals surface area contributed by atoms with Crippen LogP contribution in [0.5, 0.6) is 0 Å². The van der Waals surface area contributed by atoms with E-state index in [9.17, 15) is 0 Å². The van der Waals surface area contributed by atoms with Crippen LogP contribution in [0, 0.1) is 11.8 Å².